The molecule has 16 heavy (non-hydrogen) atoms. The maximum atomic E-state index is 4.44. The van der Waals surface area contributed by atoms with E-state index in [-0.39, 0.29) is 0 Å². The SMILES string of the molecule is CC.CC.CC(C)c1nsc2ccccc12. The molecule has 0 fully saturated rings. The van der Waals surface area contributed by atoms with Gasteiger partial charge in [-0.25, -0.2) is 0 Å². The van der Waals surface area contributed by atoms with Gasteiger partial charge in [-0.05, 0) is 23.5 Å². The number of aromatic nitrogens is 1. The van der Waals surface area contributed by atoms with Gasteiger partial charge < -0.3 is 0 Å². The molecule has 0 N–H and O–H groups in total. The molecule has 0 aliphatic rings. The molecule has 0 saturated heterocycles. The lowest BCUT2D eigenvalue weighted by Gasteiger charge is -1.98. The average Bonchev–Trinajstić information content (AvgIpc) is 2.78. The summed E-state index contributed by atoms with van der Waals surface area (Å²) in [7, 11) is 0. The Kier molecular flexibility index (Phi) is 7.82. The van der Waals surface area contributed by atoms with Crippen molar-refractivity contribution in [3.63, 3.8) is 0 Å². The summed E-state index contributed by atoms with van der Waals surface area (Å²) in [4.78, 5) is 0. The Morgan fingerprint density at radius 2 is 1.56 bits per heavy atom. The third-order valence-corrected chi connectivity index (χ3v) is 2.79. The number of benzene rings is 1. The van der Waals surface area contributed by atoms with Crippen molar-refractivity contribution >= 4 is 21.6 Å². The number of nitrogens with zero attached hydrogens (tertiary/aromatic N) is 1. The first-order chi connectivity index (χ1) is 7.79. The molecule has 1 nitrogen and oxygen atoms in total. The van der Waals surface area contributed by atoms with Crippen molar-refractivity contribution in [3.05, 3.63) is 30.0 Å². The van der Waals surface area contributed by atoms with Crippen molar-refractivity contribution in [3.8, 4) is 0 Å². The predicted molar refractivity (Wildman–Crippen MR) is 76.4 cm³/mol. The van der Waals surface area contributed by atoms with Crippen LogP contribution in [0.15, 0.2) is 24.3 Å². The summed E-state index contributed by atoms with van der Waals surface area (Å²) in [6, 6.07) is 8.40. The number of hydrogen-bond donors (Lipinski definition) is 0. The lowest BCUT2D eigenvalue weighted by molar-refractivity contribution is 0.850. The second-order valence-corrected chi connectivity index (χ2v) is 4.02. The number of rotatable bonds is 1. The van der Waals surface area contributed by atoms with E-state index in [9.17, 15) is 0 Å². The Hall–Kier alpha value is -0.890. The first-order valence-electron chi connectivity index (χ1n) is 6.13. The second kappa shape index (κ2) is 8.28. The summed E-state index contributed by atoms with van der Waals surface area (Å²) in [6.45, 7) is 12.4. The highest BCUT2D eigenvalue weighted by Gasteiger charge is 2.07. The van der Waals surface area contributed by atoms with Crippen LogP contribution >= 0.6 is 11.5 Å². The molecule has 1 aromatic heterocycles. The van der Waals surface area contributed by atoms with Crippen LogP contribution < -0.4 is 0 Å². The van der Waals surface area contributed by atoms with E-state index in [1.54, 1.807) is 11.5 Å². The molecule has 0 saturated carbocycles. The van der Waals surface area contributed by atoms with Gasteiger partial charge in [0, 0.05) is 5.39 Å². The van der Waals surface area contributed by atoms with Crippen LogP contribution in [0.5, 0.6) is 0 Å². The molecule has 2 heteroatoms. The summed E-state index contributed by atoms with van der Waals surface area (Å²) in [5.41, 5.74) is 1.23. The molecular weight excluding hydrogens is 214 g/mol. The fraction of sp³-hybridized carbons (Fsp3) is 0.500. The van der Waals surface area contributed by atoms with Gasteiger partial charge in [0.05, 0.1) is 10.4 Å². The summed E-state index contributed by atoms with van der Waals surface area (Å²) >= 11 is 1.59. The molecule has 0 atom stereocenters. The van der Waals surface area contributed by atoms with Crippen molar-refractivity contribution < 1.29 is 0 Å². The molecule has 2 rings (SSSR count). The minimum atomic E-state index is 0.529. The van der Waals surface area contributed by atoms with Crippen LogP contribution in [0.3, 0.4) is 0 Å². The van der Waals surface area contributed by atoms with Crippen molar-refractivity contribution in [2.45, 2.75) is 47.5 Å². The summed E-state index contributed by atoms with van der Waals surface area (Å²) in [5.74, 6) is 0.529. The first kappa shape index (κ1) is 15.1. The van der Waals surface area contributed by atoms with E-state index < -0.39 is 0 Å². The van der Waals surface area contributed by atoms with Crippen molar-refractivity contribution in [1.82, 2.24) is 4.37 Å². The van der Waals surface area contributed by atoms with Crippen LogP contribution in [0.25, 0.3) is 10.1 Å². The average molecular weight is 237 g/mol. The van der Waals surface area contributed by atoms with Crippen LogP contribution in [-0.2, 0) is 0 Å². The molecule has 0 unspecified atom stereocenters. The van der Waals surface area contributed by atoms with E-state index in [1.807, 2.05) is 27.7 Å². The Labute approximate surface area is 104 Å². The van der Waals surface area contributed by atoms with Gasteiger partial charge in [-0.3, -0.25) is 0 Å². The molecular formula is C14H23NS. The normalized spacial score (nSPS) is 9.19. The third-order valence-electron chi connectivity index (χ3n) is 1.95. The Morgan fingerprint density at radius 1 is 1.00 bits per heavy atom. The predicted octanol–water partition coefficient (Wildman–Crippen LogP) is 5.47. The lowest BCUT2D eigenvalue weighted by atomic mass is 10.1. The van der Waals surface area contributed by atoms with Gasteiger partial charge in [0.15, 0.2) is 0 Å². The smallest absolute Gasteiger partial charge is 0.0646 e. The fourth-order valence-electron chi connectivity index (χ4n) is 1.32. The Morgan fingerprint density at radius 3 is 2.12 bits per heavy atom. The maximum Gasteiger partial charge on any atom is 0.0646 e. The molecule has 0 aliphatic heterocycles. The van der Waals surface area contributed by atoms with E-state index in [0.717, 1.165) is 0 Å². The summed E-state index contributed by atoms with van der Waals surface area (Å²) < 4.78 is 5.73. The molecule has 2 aromatic rings. The molecule has 1 heterocycles. The van der Waals surface area contributed by atoms with Gasteiger partial charge in [-0.15, -0.1) is 0 Å². The number of fused-ring (bicyclic) bond motifs is 1. The molecule has 0 radical (unpaired) electrons. The molecule has 0 aliphatic carbocycles. The van der Waals surface area contributed by atoms with E-state index in [1.165, 1.54) is 15.8 Å². The topological polar surface area (TPSA) is 12.9 Å². The van der Waals surface area contributed by atoms with Gasteiger partial charge in [0.25, 0.3) is 0 Å². The Bertz CT molecular complexity index is 390. The van der Waals surface area contributed by atoms with Crippen LogP contribution in [0, 0.1) is 0 Å². The van der Waals surface area contributed by atoms with Gasteiger partial charge in [-0.2, -0.15) is 4.37 Å². The summed E-state index contributed by atoms with van der Waals surface area (Å²) in [6.07, 6.45) is 0. The fourth-order valence-corrected chi connectivity index (χ4v) is 2.24. The largest absolute Gasteiger partial charge is 0.196 e. The molecule has 0 amide bonds. The molecule has 1 aromatic carbocycles. The van der Waals surface area contributed by atoms with E-state index in [2.05, 4.69) is 42.5 Å². The van der Waals surface area contributed by atoms with Crippen molar-refractivity contribution in [2.24, 2.45) is 0 Å². The minimum absolute atomic E-state index is 0.529. The molecule has 0 spiro atoms. The minimum Gasteiger partial charge on any atom is -0.196 e. The lowest BCUT2D eigenvalue weighted by Crippen LogP contribution is -1.85. The van der Waals surface area contributed by atoms with Gasteiger partial charge >= 0.3 is 0 Å². The monoisotopic (exact) mass is 237 g/mol. The number of hydrogen-bond acceptors (Lipinski definition) is 2. The van der Waals surface area contributed by atoms with E-state index in [4.69, 9.17) is 0 Å². The zero-order valence-corrected chi connectivity index (χ0v) is 12.1. The third kappa shape index (κ3) is 3.60. The van der Waals surface area contributed by atoms with E-state index in [0.29, 0.717) is 5.92 Å². The maximum absolute atomic E-state index is 4.44. The Balaban J connectivity index is 0.000000509. The highest BCUT2D eigenvalue weighted by atomic mass is 32.1. The van der Waals surface area contributed by atoms with Crippen LogP contribution in [0.1, 0.15) is 53.2 Å². The van der Waals surface area contributed by atoms with Crippen LogP contribution in [0.2, 0.25) is 0 Å². The van der Waals surface area contributed by atoms with Crippen molar-refractivity contribution in [1.29, 1.82) is 0 Å². The zero-order valence-electron chi connectivity index (χ0n) is 11.2. The van der Waals surface area contributed by atoms with Crippen molar-refractivity contribution in [2.75, 3.05) is 0 Å². The molecule has 90 valence electrons. The first-order valence-corrected chi connectivity index (χ1v) is 6.90. The van der Waals surface area contributed by atoms with Crippen LogP contribution in [-0.4, -0.2) is 4.37 Å². The van der Waals surface area contributed by atoms with Gasteiger partial charge in [0.1, 0.15) is 0 Å². The highest BCUT2D eigenvalue weighted by molar-refractivity contribution is 7.13. The van der Waals surface area contributed by atoms with Crippen LogP contribution in [0.4, 0.5) is 0 Å². The van der Waals surface area contributed by atoms with Gasteiger partial charge in [0.2, 0.25) is 0 Å². The quantitative estimate of drug-likeness (QED) is 0.640. The molecule has 0 bridgehead atoms. The standard InChI is InChI=1S/C10H11NS.2C2H6/c1-7(2)10-8-5-3-4-6-9(8)12-11-10;2*1-2/h3-7H,1-2H3;2*1-2H3. The van der Waals surface area contributed by atoms with E-state index >= 15 is 0 Å². The highest BCUT2D eigenvalue weighted by Crippen LogP contribution is 2.27. The zero-order chi connectivity index (χ0) is 12.6. The van der Waals surface area contributed by atoms with Gasteiger partial charge in [-0.1, -0.05) is 59.7 Å². The second-order valence-electron chi connectivity index (χ2n) is 3.22. The summed E-state index contributed by atoms with van der Waals surface area (Å²) in [5, 5.41) is 1.32.